The number of hydrogen-bond donors (Lipinski definition) is 0. The van der Waals surface area contributed by atoms with E-state index in [1.54, 1.807) is 0 Å². The molecule has 5 nitrogen and oxygen atoms in total. The summed E-state index contributed by atoms with van der Waals surface area (Å²) in [5.41, 5.74) is 0.886. The first-order chi connectivity index (χ1) is 7.21. The molecule has 0 aliphatic rings. The van der Waals surface area contributed by atoms with Gasteiger partial charge < -0.3 is 4.74 Å². The second kappa shape index (κ2) is 4.86. The summed E-state index contributed by atoms with van der Waals surface area (Å²) in [6, 6.07) is 2.94. The van der Waals surface area contributed by atoms with Crippen LogP contribution in [0.25, 0.3) is 0 Å². The van der Waals surface area contributed by atoms with Gasteiger partial charge in [0.25, 0.3) is 0 Å². The fourth-order valence-corrected chi connectivity index (χ4v) is 1.03. The van der Waals surface area contributed by atoms with Crippen LogP contribution in [-0.4, -0.2) is 18.1 Å². The lowest BCUT2D eigenvalue weighted by molar-refractivity contribution is 0.0593. The molecular weight excluding hydrogens is 196 g/mol. The van der Waals surface area contributed by atoms with Crippen LogP contribution >= 0.6 is 0 Å². The summed E-state index contributed by atoms with van der Waals surface area (Å²) < 4.78 is 4.49. The Morgan fingerprint density at radius 1 is 1.67 bits per heavy atom. The number of nitroso groups, excluding NO2 is 1. The van der Waals surface area contributed by atoms with Crippen LogP contribution in [-0.2, 0) is 11.3 Å². The maximum atomic E-state index is 11.2. The van der Waals surface area contributed by atoms with E-state index < -0.39 is 5.97 Å². The Bertz CT molecular complexity index is 435. The van der Waals surface area contributed by atoms with Crippen molar-refractivity contribution in [3.63, 3.8) is 0 Å². The molecule has 0 amide bonds. The molecule has 0 aliphatic carbocycles. The first-order valence-corrected chi connectivity index (χ1v) is 4.06. The maximum absolute atomic E-state index is 11.2. The van der Waals surface area contributed by atoms with E-state index in [1.807, 2.05) is 0 Å². The lowest BCUT2D eigenvalue weighted by Gasteiger charge is -2.01. The molecule has 76 valence electrons. The largest absolute Gasteiger partial charge is 0.464 e. The average Bonchev–Trinajstić information content (AvgIpc) is 2.28. The van der Waals surface area contributed by atoms with Crippen molar-refractivity contribution < 1.29 is 9.53 Å². The molecule has 1 rings (SSSR count). The predicted molar refractivity (Wildman–Crippen MR) is 53.0 cm³/mol. The second-order valence-corrected chi connectivity index (χ2v) is 2.66. The van der Waals surface area contributed by atoms with Gasteiger partial charge >= 0.3 is 5.97 Å². The highest BCUT2D eigenvalue weighted by Crippen LogP contribution is 2.07. The van der Waals surface area contributed by atoms with Crippen LogP contribution in [0.15, 0.2) is 17.3 Å². The minimum atomic E-state index is -0.598. The quantitative estimate of drug-likeness (QED) is 0.420. The lowest BCUT2D eigenvalue weighted by atomic mass is 10.2. The number of hydrogen-bond acceptors (Lipinski definition) is 5. The van der Waals surface area contributed by atoms with Gasteiger partial charge in [0.2, 0.25) is 0 Å². The van der Waals surface area contributed by atoms with E-state index >= 15 is 0 Å². The van der Waals surface area contributed by atoms with Crippen molar-refractivity contribution in [1.29, 1.82) is 0 Å². The first-order valence-electron chi connectivity index (χ1n) is 4.06. The Morgan fingerprint density at radius 2 is 2.40 bits per heavy atom. The Hall–Kier alpha value is -2.22. The third-order valence-electron chi connectivity index (χ3n) is 1.67. The Morgan fingerprint density at radius 3 is 2.93 bits per heavy atom. The van der Waals surface area contributed by atoms with Gasteiger partial charge in [-0.05, 0) is 12.1 Å². The molecule has 0 unspecified atom stereocenters. The lowest BCUT2D eigenvalue weighted by Crippen LogP contribution is -2.06. The number of aromatic nitrogens is 1. The zero-order chi connectivity index (χ0) is 11.3. The molecular formula is C10H8N2O3. The Balaban J connectivity index is 3.17. The summed E-state index contributed by atoms with van der Waals surface area (Å²) in [6.45, 7) is -0.125. The molecule has 0 saturated heterocycles. The molecule has 0 aliphatic heterocycles. The number of carbonyl (C=O) groups is 1. The van der Waals surface area contributed by atoms with Gasteiger partial charge in [0.05, 0.1) is 12.8 Å². The molecule has 0 fully saturated rings. The summed E-state index contributed by atoms with van der Waals surface area (Å²) in [7, 11) is 1.24. The van der Waals surface area contributed by atoms with E-state index in [1.165, 1.54) is 19.2 Å². The zero-order valence-electron chi connectivity index (χ0n) is 8.06. The average molecular weight is 204 g/mol. The molecule has 0 aromatic carbocycles. The van der Waals surface area contributed by atoms with Gasteiger partial charge in [-0.1, -0.05) is 11.1 Å². The number of rotatable bonds is 3. The predicted octanol–water partition coefficient (Wildman–Crippen LogP) is 1.12. The number of terminal acetylenes is 1. The van der Waals surface area contributed by atoms with Crippen LogP contribution < -0.4 is 0 Å². The maximum Gasteiger partial charge on any atom is 0.356 e. The molecule has 15 heavy (non-hydrogen) atoms. The van der Waals surface area contributed by atoms with E-state index in [9.17, 15) is 9.70 Å². The topological polar surface area (TPSA) is 68.6 Å². The number of pyridine rings is 1. The number of nitrogens with zero attached hydrogens (tertiary/aromatic N) is 2. The van der Waals surface area contributed by atoms with Crippen molar-refractivity contribution in [3.8, 4) is 12.3 Å². The van der Waals surface area contributed by atoms with E-state index in [0.717, 1.165) is 0 Å². The summed E-state index contributed by atoms with van der Waals surface area (Å²) >= 11 is 0. The fraction of sp³-hybridized carbons (Fsp3) is 0.200. The van der Waals surface area contributed by atoms with Crippen molar-refractivity contribution in [2.75, 3.05) is 7.11 Å². The van der Waals surface area contributed by atoms with Crippen molar-refractivity contribution in [3.05, 3.63) is 34.0 Å². The molecule has 5 heteroatoms. The number of esters is 1. The van der Waals surface area contributed by atoms with Crippen LogP contribution in [0.4, 0.5) is 0 Å². The molecule has 0 radical (unpaired) electrons. The van der Waals surface area contributed by atoms with Crippen molar-refractivity contribution >= 4 is 5.97 Å². The van der Waals surface area contributed by atoms with Gasteiger partial charge in [0.1, 0.15) is 12.2 Å². The second-order valence-electron chi connectivity index (χ2n) is 2.66. The number of carbonyl (C=O) groups excluding carboxylic acids is 1. The van der Waals surface area contributed by atoms with Crippen molar-refractivity contribution in [2.24, 2.45) is 5.18 Å². The molecule has 0 N–H and O–H groups in total. The highest BCUT2D eigenvalue weighted by atomic mass is 16.5. The van der Waals surface area contributed by atoms with Gasteiger partial charge in [0, 0.05) is 5.56 Å². The van der Waals surface area contributed by atoms with Gasteiger partial charge in [0.15, 0.2) is 0 Å². The smallest absolute Gasteiger partial charge is 0.356 e. The molecule has 1 aromatic rings. The van der Waals surface area contributed by atoms with Crippen molar-refractivity contribution in [2.45, 2.75) is 6.54 Å². The highest BCUT2D eigenvalue weighted by Gasteiger charge is 2.09. The van der Waals surface area contributed by atoms with Crippen LogP contribution in [0.5, 0.6) is 0 Å². The summed E-state index contributed by atoms with van der Waals surface area (Å²) in [6.07, 6.45) is 5.19. The van der Waals surface area contributed by atoms with Crippen LogP contribution in [0.1, 0.15) is 21.7 Å². The number of ether oxygens (including phenoxy) is 1. The molecule has 0 saturated carbocycles. The minimum Gasteiger partial charge on any atom is -0.464 e. The molecule has 0 atom stereocenters. The summed E-state index contributed by atoms with van der Waals surface area (Å²) in [5.74, 6) is 1.76. The Kier molecular flexibility index (Phi) is 3.52. The normalized spacial score (nSPS) is 9.07. The zero-order valence-corrected chi connectivity index (χ0v) is 8.06. The van der Waals surface area contributed by atoms with E-state index in [-0.39, 0.29) is 12.2 Å². The number of methoxy groups -OCH3 is 1. The fourth-order valence-electron chi connectivity index (χ4n) is 1.03. The Labute approximate surface area is 86.4 Å². The molecule has 0 spiro atoms. The van der Waals surface area contributed by atoms with Crippen LogP contribution in [0.2, 0.25) is 0 Å². The van der Waals surface area contributed by atoms with Crippen LogP contribution in [0, 0.1) is 17.3 Å². The first kappa shape index (κ1) is 10.9. The van der Waals surface area contributed by atoms with E-state index in [4.69, 9.17) is 6.42 Å². The molecule has 0 bridgehead atoms. The van der Waals surface area contributed by atoms with Crippen molar-refractivity contribution in [1.82, 2.24) is 4.98 Å². The van der Waals surface area contributed by atoms with Crippen LogP contribution in [0.3, 0.4) is 0 Å². The third kappa shape index (κ3) is 2.61. The standard InChI is InChI=1S/C10H8N2O3/c1-3-7-4-8(6-11-14)12-9(5-7)10(13)15-2/h1,4-5H,6H2,2H3. The SMILES string of the molecule is C#Cc1cc(CN=O)nc(C(=O)OC)c1. The van der Waals surface area contributed by atoms with Gasteiger partial charge in [-0.15, -0.1) is 6.42 Å². The monoisotopic (exact) mass is 204 g/mol. The van der Waals surface area contributed by atoms with Gasteiger partial charge in [-0.25, -0.2) is 9.78 Å². The summed E-state index contributed by atoms with van der Waals surface area (Å²) in [5, 5.41) is 2.67. The summed E-state index contributed by atoms with van der Waals surface area (Å²) in [4.78, 5) is 25.1. The third-order valence-corrected chi connectivity index (χ3v) is 1.67. The highest BCUT2D eigenvalue weighted by molar-refractivity contribution is 5.87. The van der Waals surface area contributed by atoms with E-state index in [2.05, 4.69) is 20.8 Å². The molecule has 1 heterocycles. The van der Waals surface area contributed by atoms with Gasteiger partial charge in [-0.2, -0.15) is 4.91 Å². The van der Waals surface area contributed by atoms with Gasteiger partial charge in [-0.3, -0.25) is 0 Å². The minimum absolute atomic E-state index is 0.0756. The van der Waals surface area contributed by atoms with E-state index in [0.29, 0.717) is 11.3 Å². The molecule has 1 aromatic heterocycles.